The molecule has 1 unspecified atom stereocenters. The van der Waals surface area contributed by atoms with Crippen LogP contribution in [0.1, 0.15) is 41.0 Å². The fourth-order valence-electron chi connectivity index (χ4n) is 2.94. The molecule has 1 aliphatic heterocycles. The van der Waals surface area contributed by atoms with Crippen LogP contribution in [0.5, 0.6) is 0 Å². The summed E-state index contributed by atoms with van der Waals surface area (Å²) in [5.74, 6) is 0.135. The van der Waals surface area contributed by atoms with Gasteiger partial charge in [-0.3, -0.25) is 0 Å². The Morgan fingerprint density at radius 2 is 2.24 bits per heavy atom. The molecule has 0 fully saturated rings. The number of sulfonamides is 1. The van der Waals surface area contributed by atoms with E-state index in [0.29, 0.717) is 26.1 Å². The summed E-state index contributed by atoms with van der Waals surface area (Å²) >= 11 is 1.49. The topological polar surface area (TPSA) is 82.5 Å². The lowest BCUT2D eigenvalue weighted by Gasteiger charge is -2.29. The van der Waals surface area contributed by atoms with Crippen LogP contribution in [0.25, 0.3) is 0 Å². The number of nitrogens with zero attached hydrogens (tertiary/aromatic N) is 2. The smallest absolute Gasteiger partial charge is 0.214 e. The average molecular weight is 382 g/mol. The van der Waals surface area contributed by atoms with Gasteiger partial charge in [0, 0.05) is 25.0 Å². The Morgan fingerprint density at radius 3 is 2.92 bits per heavy atom. The number of anilines is 1. The van der Waals surface area contributed by atoms with Crippen molar-refractivity contribution >= 4 is 27.0 Å². The third kappa shape index (κ3) is 4.03. The number of fused-ring (bicyclic) bond motifs is 1. The highest BCUT2D eigenvalue weighted by molar-refractivity contribution is 7.89. The van der Waals surface area contributed by atoms with Gasteiger partial charge in [-0.1, -0.05) is 12.1 Å². The van der Waals surface area contributed by atoms with Crippen LogP contribution in [0.3, 0.4) is 0 Å². The lowest BCUT2D eigenvalue weighted by molar-refractivity contribution is 0.203. The summed E-state index contributed by atoms with van der Waals surface area (Å²) in [6.07, 6.45) is 1.91. The molecule has 1 atom stereocenters. The minimum atomic E-state index is -3.16. The van der Waals surface area contributed by atoms with Crippen molar-refractivity contribution in [3.8, 4) is 0 Å². The maximum atomic E-state index is 12.1. The fourth-order valence-corrected chi connectivity index (χ4v) is 4.81. The molecule has 2 aromatic rings. The summed E-state index contributed by atoms with van der Waals surface area (Å²) in [7, 11) is -3.16. The zero-order chi connectivity index (χ0) is 18.0. The first kappa shape index (κ1) is 18.3. The monoisotopic (exact) mass is 381 g/mol. The van der Waals surface area contributed by atoms with Gasteiger partial charge in [-0.2, -0.15) is 4.31 Å². The van der Waals surface area contributed by atoms with Gasteiger partial charge in [0.05, 0.1) is 23.3 Å². The normalized spacial score (nSPS) is 16.4. The van der Waals surface area contributed by atoms with Gasteiger partial charge in [-0.15, -0.1) is 11.3 Å². The number of benzene rings is 1. The van der Waals surface area contributed by atoms with Gasteiger partial charge in [-0.05, 0) is 37.5 Å². The lowest BCUT2D eigenvalue weighted by atomic mass is 9.99. The molecule has 0 radical (unpaired) electrons. The molecule has 1 aromatic carbocycles. The summed E-state index contributed by atoms with van der Waals surface area (Å²) < 4.78 is 25.8. The van der Waals surface area contributed by atoms with Crippen LogP contribution in [0, 0.1) is 0 Å². The summed E-state index contributed by atoms with van der Waals surface area (Å²) in [5, 5.41) is 13.9. The Hall–Kier alpha value is -1.48. The lowest BCUT2D eigenvalue weighted by Crippen LogP contribution is -2.37. The summed E-state index contributed by atoms with van der Waals surface area (Å²) in [6.45, 7) is 4.95. The van der Waals surface area contributed by atoms with Gasteiger partial charge in [0.25, 0.3) is 0 Å². The Kier molecular flexibility index (Phi) is 5.43. The van der Waals surface area contributed by atoms with E-state index in [1.54, 1.807) is 24.3 Å². The molecule has 1 aliphatic rings. The van der Waals surface area contributed by atoms with Crippen LogP contribution >= 0.6 is 11.3 Å². The molecule has 0 bridgehead atoms. The number of nitrogens with one attached hydrogen (secondary N) is 1. The standard InChI is InChI=1S/C17H23N3O3S2/c1-3-25(22,23)20-8-7-14-13(11-20)5-4-6-15(14)18-10-17-19-9-16(24-17)12(2)21/h4-6,9,12,18,21H,3,7-8,10-11H2,1-2H3. The van der Waals surface area contributed by atoms with Gasteiger partial charge in [0.2, 0.25) is 10.0 Å². The van der Waals surface area contributed by atoms with Crippen molar-refractivity contribution in [1.82, 2.24) is 9.29 Å². The van der Waals surface area contributed by atoms with Crippen molar-refractivity contribution in [1.29, 1.82) is 0 Å². The van der Waals surface area contributed by atoms with Crippen molar-refractivity contribution in [3.05, 3.63) is 45.4 Å². The number of hydrogen-bond donors (Lipinski definition) is 2. The summed E-state index contributed by atoms with van der Waals surface area (Å²) in [6, 6.07) is 5.96. The van der Waals surface area contributed by atoms with E-state index in [2.05, 4.69) is 10.3 Å². The second-order valence-corrected chi connectivity index (χ2v) is 9.52. The number of aliphatic hydroxyl groups excluding tert-OH is 1. The van der Waals surface area contributed by atoms with E-state index >= 15 is 0 Å². The maximum absolute atomic E-state index is 12.1. The third-order valence-electron chi connectivity index (χ3n) is 4.40. The van der Waals surface area contributed by atoms with E-state index in [9.17, 15) is 13.5 Å². The molecule has 1 aromatic heterocycles. The molecule has 0 amide bonds. The van der Waals surface area contributed by atoms with Crippen LogP contribution < -0.4 is 5.32 Å². The number of aliphatic hydroxyl groups is 1. The highest BCUT2D eigenvalue weighted by atomic mass is 32.2. The maximum Gasteiger partial charge on any atom is 0.214 e. The Balaban J connectivity index is 1.73. The van der Waals surface area contributed by atoms with E-state index in [4.69, 9.17) is 0 Å². The first-order chi connectivity index (χ1) is 11.9. The SMILES string of the molecule is CCS(=O)(=O)N1CCc2c(cccc2NCc2ncc(C(C)O)s2)C1. The van der Waals surface area contributed by atoms with Crippen molar-refractivity contribution in [2.45, 2.75) is 39.5 Å². The molecule has 25 heavy (non-hydrogen) atoms. The Bertz CT molecular complexity index is 847. The first-order valence-electron chi connectivity index (χ1n) is 8.36. The van der Waals surface area contributed by atoms with Gasteiger partial charge in [-0.25, -0.2) is 13.4 Å². The van der Waals surface area contributed by atoms with Gasteiger partial charge >= 0.3 is 0 Å². The van der Waals surface area contributed by atoms with Crippen LogP contribution in [0.2, 0.25) is 0 Å². The number of rotatable bonds is 6. The molecule has 6 nitrogen and oxygen atoms in total. The minimum Gasteiger partial charge on any atom is -0.388 e. The molecule has 0 aliphatic carbocycles. The average Bonchev–Trinajstić information content (AvgIpc) is 3.08. The predicted octanol–water partition coefficient (Wildman–Crippen LogP) is 2.52. The zero-order valence-electron chi connectivity index (χ0n) is 14.4. The Labute approximate surface area is 152 Å². The second-order valence-electron chi connectivity index (χ2n) is 6.11. The van der Waals surface area contributed by atoms with Gasteiger partial charge < -0.3 is 10.4 Å². The third-order valence-corrected chi connectivity index (χ3v) is 7.40. The molecule has 0 spiro atoms. The molecule has 8 heteroatoms. The summed E-state index contributed by atoms with van der Waals surface area (Å²) in [4.78, 5) is 5.18. The molecule has 0 saturated heterocycles. The minimum absolute atomic E-state index is 0.135. The number of thiazole rings is 1. The van der Waals surface area contributed by atoms with Crippen LogP contribution in [0.15, 0.2) is 24.4 Å². The van der Waals surface area contributed by atoms with Crippen LogP contribution in [-0.2, 0) is 29.5 Å². The number of hydrogen-bond acceptors (Lipinski definition) is 6. The molecule has 2 heterocycles. The van der Waals surface area contributed by atoms with Gasteiger partial charge in [0.15, 0.2) is 0 Å². The van der Waals surface area contributed by atoms with Crippen LogP contribution in [0.4, 0.5) is 5.69 Å². The summed E-state index contributed by atoms with van der Waals surface area (Å²) in [5.41, 5.74) is 3.26. The zero-order valence-corrected chi connectivity index (χ0v) is 16.0. The van der Waals surface area contributed by atoms with E-state index in [0.717, 1.165) is 21.1 Å². The van der Waals surface area contributed by atoms with Crippen LogP contribution in [-0.4, -0.2) is 35.1 Å². The number of aromatic nitrogens is 1. The highest BCUT2D eigenvalue weighted by Crippen LogP contribution is 2.28. The van der Waals surface area contributed by atoms with Gasteiger partial charge in [0.1, 0.15) is 5.01 Å². The highest BCUT2D eigenvalue weighted by Gasteiger charge is 2.26. The molecule has 0 saturated carbocycles. The first-order valence-corrected chi connectivity index (χ1v) is 10.8. The quantitative estimate of drug-likeness (QED) is 0.803. The molecule has 136 valence electrons. The molecular formula is C17H23N3O3S2. The molecule has 3 rings (SSSR count). The molecule has 2 N–H and O–H groups in total. The van der Waals surface area contributed by atoms with E-state index in [-0.39, 0.29) is 5.75 Å². The largest absolute Gasteiger partial charge is 0.388 e. The van der Waals surface area contributed by atoms with Crippen molar-refractivity contribution < 1.29 is 13.5 Å². The van der Waals surface area contributed by atoms with E-state index in [1.165, 1.54) is 16.9 Å². The van der Waals surface area contributed by atoms with Crippen molar-refractivity contribution in [2.75, 3.05) is 17.6 Å². The second kappa shape index (κ2) is 7.41. The van der Waals surface area contributed by atoms with E-state index < -0.39 is 16.1 Å². The predicted molar refractivity (Wildman–Crippen MR) is 100 cm³/mol. The van der Waals surface area contributed by atoms with E-state index in [1.807, 2.05) is 18.2 Å². The van der Waals surface area contributed by atoms with Crippen molar-refractivity contribution in [3.63, 3.8) is 0 Å². The fraction of sp³-hybridized carbons (Fsp3) is 0.471. The van der Waals surface area contributed by atoms with Crippen molar-refractivity contribution in [2.24, 2.45) is 0 Å². The Morgan fingerprint density at radius 1 is 1.44 bits per heavy atom. The molecular weight excluding hydrogens is 358 g/mol.